The van der Waals surface area contributed by atoms with E-state index in [0.29, 0.717) is 59.5 Å². The Morgan fingerprint density at radius 3 is 1.23 bits per heavy atom. The van der Waals surface area contributed by atoms with E-state index in [1.54, 1.807) is 44.4 Å². The Balaban J connectivity index is -0.000000375. The molecule has 850 valence electrons. The lowest BCUT2D eigenvalue weighted by molar-refractivity contribution is 0.133. The predicted molar refractivity (Wildman–Crippen MR) is 699 cm³/mol. The zero-order valence-electron chi connectivity index (χ0n) is 103. The highest BCUT2D eigenvalue weighted by Gasteiger charge is 2.59. The number of nitrogens with one attached hydrogen (secondary N) is 1. The van der Waals surface area contributed by atoms with Crippen molar-refractivity contribution in [2.45, 2.75) is 426 Å². The molecule has 4 aromatic carbocycles. The van der Waals surface area contributed by atoms with Crippen molar-refractivity contribution in [2.75, 3.05) is 63.2 Å². The van der Waals surface area contributed by atoms with Gasteiger partial charge in [-0.2, -0.15) is 11.8 Å². The van der Waals surface area contributed by atoms with Gasteiger partial charge in [-0.25, -0.2) is 0 Å². The standard InChI is InChI=1S/C15H18OSi.C15H28OSi.C12H24OSi.C11H18OSi.C10H13NOSi.C9H13ClOSi.2C9H18OSi.C8H16OSi.C6H16OSSi.C6H16OSi.C6H12OSi.C4H12OSi/c1-17(13-12-16,14-8-4-2-5-9-14)15-10-6-3-7-11-15;1-15(2,3)17(4,5)12-11-14(16)13-9-7-6-8-10-13;1-10(2)14(11(3)4,12(5)6)9-7-8-13;1-13(2,10-12)9-8-11-6-4-3-5-7-11;1-13(2,3)7-5-9-8-11-6-4-10(9)12;1-12(2,3)9-6-7(11)4-5-8(9)10;1-7-6-9(7,8(2)10)11(3,4)5;1-4-11(5-2,6-3)9-7-8-10;1-8(2,9)6-7-10(3,4)5;1-9(2,3)6-8-5-4-7;2*1-8(2,3)6-4-5-7;1-6(2,3)4-5/h2-11,16H,12-13H2,1H3;13-14,16H,6-10H2,1-5H3;10-13H,8H2,1-6H3;3-7,12H,8-10H2,1-2H3;4,6,8H,1-3H3,(H,11,12);4-6,11H,1-3H3;8,10H,1,6H2,2-5H3;10H,4-6,8H2,1-3H3;9H,1-5H3;7H,4-6H2,1-3H3;7H,4-6H2,1-3H3;7H,5H2,1-3H3;5H,4H2,1-3H3. The van der Waals surface area contributed by atoms with Gasteiger partial charge in [-0.15, -0.1) is 33.3 Å². The number of pyridine rings is 1. The molecular formula is C120H222ClNO13SSi13. The highest BCUT2D eigenvalue weighted by atomic mass is 35.5. The van der Waals surface area contributed by atoms with Crippen LogP contribution >= 0.6 is 23.4 Å². The maximum absolute atomic E-state index is 11.2. The third-order valence-corrected chi connectivity index (χ3v) is 64.7. The maximum atomic E-state index is 11.2. The van der Waals surface area contributed by atoms with E-state index in [1.807, 2.05) is 36.9 Å². The molecule has 149 heavy (non-hydrogen) atoms. The van der Waals surface area contributed by atoms with Crippen molar-refractivity contribution in [1.29, 1.82) is 0 Å². The third-order valence-electron chi connectivity index (χ3n) is 25.8. The van der Waals surface area contributed by atoms with Gasteiger partial charge in [-0.3, -0.25) is 4.79 Å². The number of aryl methyl sites for hydroxylation is 1. The summed E-state index contributed by atoms with van der Waals surface area (Å²) in [6.45, 7) is 102. The van der Waals surface area contributed by atoms with Crippen LogP contribution in [0.4, 0.5) is 0 Å². The Kier molecular flexibility index (Phi) is 79.7. The number of thioether (sulfide) groups is 1. The Bertz CT molecular complexity index is 4770. The molecule has 2 saturated carbocycles. The quantitative estimate of drug-likeness (QED) is 0.0106. The number of aromatic amines is 1. The van der Waals surface area contributed by atoms with Crippen molar-refractivity contribution in [2.24, 2.45) is 5.92 Å². The average molecular weight is 2320 g/mol. The number of aromatic hydroxyl groups is 1. The van der Waals surface area contributed by atoms with Crippen molar-refractivity contribution in [3.8, 4) is 74.5 Å². The molecule has 0 radical (unpaired) electrons. The highest BCUT2D eigenvalue weighted by molar-refractivity contribution is 8.00. The molecule has 0 spiro atoms. The van der Waals surface area contributed by atoms with Crippen molar-refractivity contribution in [3.05, 3.63) is 166 Å². The van der Waals surface area contributed by atoms with E-state index >= 15 is 0 Å². The van der Waals surface area contributed by atoms with Gasteiger partial charge in [0.2, 0.25) is 0 Å². The molecule has 2 fully saturated rings. The number of hydrogen-bond donors (Lipinski definition) is 13. The minimum Gasteiger partial charge on any atom is -0.508 e. The van der Waals surface area contributed by atoms with E-state index in [-0.39, 0.29) is 54.1 Å². The fraction of sp³-hybridized carbons (Fsp3) is 0.642. The fourth-order valence-electron chi connectivity index (χ4n) is 15.1. The van der Waals surface area contributed by atoms with Gasteiger partial charge in [-0.05, 0) is 139 Å². The molecule has 0 aliphatic heterocycles. The van der Waals surface area contributed by atoms with Crippen LogP contribution in [0.25, 0.3) is 0 Å². The summed E-state index contributed by atoms with van der Waals surface area (Å²) in [4.78, 5) is 14.1. The number of phenolic OH excluding ortho intramolecular Hbond substituents is 1. The number of aromatic nitrogens is 1. The molecule has 0 amide bonds. The second-order valence-electron chi connectivity index (χ2n) is 52.2. The first-order valence-corrected chi connectivity index (χ1v) is 98.7. The maximum Gasteiger partial charge on any atom is 0.197 e. The van der Waals surface area contributed by atoms with Crippen LogP contribution in [-0.2, 0) is 6.42 Å². The normalized spacial score (nSPS) is 14.1. The number of phenols is 1. The van der Waals surface area contributed by atoms with Crippen LogP contribution in [0.3, 0.4) is 0 Å². The molecule has 1 aromatic heterocycles. The minimum absolute atomic E-state index is 0.000903. The van der Waals surface area contributed by atoms with Crippen LogP contribution in [0, 0.1) is 74.7 Å². The van der Waals surface area contributed by atoms with E-state index in [9.17, 15) is 30.3 Å². The van der Waals surface area contributed by atoms with Gasteiger partial charge in [0.1, 0.15) is 93.8 Å². The summed E-state index contributed by atoms with van der Waals surface area (Å²) in [5, 5.41) is 114. The van der Waals surface area contributed by atoms with Crippen LogP contribution in [0.5, 0.6) is 5.75 Å². The van der Waals surface area contributed by atoms with Crippen molar-refractivity contribution >= 4 is 144 Å². The number of aliphatic hydroxyl groups is 11. The number of aliphatic hydroxyl groups excluding tert-OH is 10. The molecule has 7 rings (SSSR count). The molecular weight excluding hydrogens is 2100 g/mol. The van der Waals surface area contributed by atoms with Crippen LogP contribution in [0.2, 0.25) is 258 Å². The van der Waals surface area contributed by atoms with E-state index in [4.69, 9.17) is 47.3 Å². The monoisotopic (exact) mass is 2320 g/mol. The number of benzene rings is 4. The number of rotatable bonds is 26. The largest absolute Gasteiger partial charge is 0.508 e. The lowest BCUT2D eigenvalue weighted by Crippen LogP contribution is -2.56. The molecule has 3 atom stereocenters. The molecule has 0 bridgehead atoms. The average Bonchev–Trinajstić information content (AvgIpc) is 1.56. The zero-order chi connectivity index (χ0) is 117. The number of hydrogen-bond acceptors (Lipinski definition) is 14. The first-order chi connectivity index (χ1) is 68.0. The van der Waals surface area contributed by atoms with E-state index < -0.39 is 111 Å². The molecule has 3 unspecified atom stereocenters. The van der Waals surface area contributed by atoms with Crippen LogP contribution in [0.1, 0.15) is 160 Å². The van der Waals surface area contributed by atoms with Gasteiger partial charge in [0.15, 0.2) is 5.43 Å². The summed E-state index contributed by atoms with van der Waals surface area (Å²) in [6.07, 6.45) is 12.8. The summed E-state index contributed by atoms with van der Waals surface area (Å²) in [7, 11) is -16.7. The van der Waals surface area contributed by atoms with Gasteiger partial charge in [-0.1, -0.05) is 465 Å². The third kappa shape index (κ3) is 76.2. The zero-order valence-corrected chi connectivity index (χ0v) is 117. The van der Waals surface area contributed by atoms with E-state index in [1.165, 1.54) is 82.4 Å². The van der Waals surface area contributed by atoms with Crippen LogP contribution in [-0.4, -0.2) is 252 Å². The Labute approximate surface area is 938 Å². The van der Waals surface area contributed by atoms with Gasteiger partial charge < -0.3 is 66.3 Å². The molecule has 14 nitrogen and oxygen atoms in total. The number of H-pyrrole nitrogens is 1. The van der Waals surface area contributed by atoms with Crippen molar-refractivity contribution < 1.29 is 61.3 Å². The lowest BCUT2D eigenvalue weighted by Gasteiger charge is -2.38. The summed E-state index contributed by atoms with van der Waals surface area (Å²) in [5.41, 5.74) is 23.7. The molecule has 13 N–H and O–H groups in total. The second-order valence-corrected chi connectivity index (χ2v) is 120. The SMILES string of the molecule is C=C1CC1(C(C)O)[Si](C)(C)C.CC(C)(C)[Si](C)(C)C#CC(O)C1CCCCC1.CC(C)(O)C#C[Si](C)(C)C.CC(C)[Si](C#CCO)(C(C)C)C(C)C.CC[Si](C#CCO)(CC)CC.C[Si](C)(C)C#CCO.C[Si](C)(C)C#Cc1c[nH]ccc1=O.C[Si](C)(C)CCCO.C[Si](C)(C)CO.C[Si](C)(C)CSCCO.C[Si](C)(C)c1cc(O)ccc1Cl.C[Si](C)(CO)CCc1ccccc1.C[Si](CCO)(c1ccccc1)c1ccccc1. The molecule has 29 heteroatoms. The summed E-state index contributed by atoms with van der Waals surface area (Å²) >= 11 is 7.88. The Hall–Kier alpha value is -4.25. The molecule has 2 aliphatic carbocycles. The van der Waals surface area contributed by atoms with Gasteiger partial charge >= 0.3 is 0 Å². The second kappa shape index (κ2) is 76.4. The predicted octanol–water partition coefficient (Wildman–Crippen LogP) is 26.8. The van der Waals surface area contributed by atoms with Gasteiger partial charge in [0.25, 0.3) is 0 Å². The number of halogens is 1. The van der Waals surface area contributed by atoms with Crippen molar-refractivity contribution in [3.63, 3.8) is 0 Å². The summed E-state index contributed by atoms with van der Waals surface area (Å²) in [6, 6.07) is 45.3. The summed E-state index contributed by atoms with van der Waals surface area (Å²) in [5.74, 6) is 18.9. The fourth-order valence-corrected chi connectivity index (χ4v) is 39.6. The molecule has 2 aliphatic rings. The van der Waals surface area contributed by atoms with E-state index in [2.05, 4.69) is 426 Å². The van der Waals surface area contributed by atoms with Crippen molar-refractivity contribution in [1.82, 2.24) is 4.98 Å². The highest BCUT2D eigenvalue weighted by Crippen LogP contribution is 2.67. The Morgan fingerprint density at radius 1 is 0.510 bits per heavy atom. The molecule has 0 saturated heterocycles. The minimum atomic E-state index is -1.75. The first kappa shape index (κ1) is 155. The van der Waals surface area contributed by atoms with Gasteiger partial charge in [0.05, 0.1) is 58.6 Å². The molecule has 5 aromatic rings. The Morgan fingerprint density at radius 2 is 0.940 bits per heavy atom. The van der Waals surface area contributed by atoms with Crippen LogP contribution in [0.15, 0.2) is 145 Å². The summed E-state index contributed by atoms with van der Waals surface area (Å²) < 4.78 is 0. The topological polar surface area (TPSA) is 276 Å². The lowest BCUT2D eigenvalue weighted by atomic mass is 9.85. The smallest absolute Gasteiger partial charge is 0.197 e. The molecule has 1 heterocycles. The van der Waals surface area contributed by atoms with E-state index in [0.717, 1.165) is 54.1 Å². The van der Waals surface area contributed by atoms with Crippen LogP contribution < -0.4 is 21.0 Å². The van der Waals surface area contributed by atoms with Gasteiger partial charge in [0, 0.05) is 68.0 Å². The first-order valence-electron chi connectivity index (χ1n) is 54.6.